The molecule has 0 spiro atoms. The van der Waals surface area contributed by atoms with Crippen LogP contribution in [0.3, 0.4) is 0 Å². The molecule has 0 bridgehead atoms. The van der Waals surface area contributed by atoms with Gasteiger partial charge in [-0.3, -0.25) is 9.89 Å². The van der Waals surface area contributed by atoms with E-state index in [1.807, 2.05) is 38.1 Å². The largest absolute Gasteiger partial charge is 0.334 e. The Hall–Kier alpha value is -2.35. The molecule has 1 aliphatic heterocycles. The monoisotopic (exact) mass is 433 g/mol. The molecule has 1 aromatic heterocycles. The number of anilines is 1. The summed E-state index contributed by atoms with van der Waals surface area (Å²) in [6.45, 7) is 5.47. The van der Waals surface area contributed by atoms with E-state index in [4.69, 9.17) is 0 Å². The second-order valence-electron chi connectivity index (χ2n) is 6.83. The molecule has 1 fully saturated rings. The lowest BCUT2D eigenvalue weighted by molar-refractivity contribution is -0.121. The number of piperidine rings is 1. The Kier molecular flexibility index (Phi) is 6.15. The van der Waals surface area contributed by atoms with Gasteiger partial charge in [-0.2, -0.15) is 5.10 Å². The van der Waals surface area contributed by atoms with Gasteiger partial charge in [0.05, 0.1) is 5.69 Å². The van der Waals surface area contributed by atoms with Crippen LogP contribution in [0.15, 0.2) is 28.7 Å². The average molecular weight is 434 g/mol. The highest BCUT2D eigenvalue weighted by molar-refractivity contribution is 9.10. The van der Waals surface area contributed by atoms with Gasteiger partial charge in [-0.1, -0.05) is 15.9 Å². The minimum Gasteiger partial charge on any atom is -0.334 e. The number of nitrogens with zero attached hydrogens (tertiary/aromatic N) is 2. The molecule has 1 aromatic carbocycles. The van der Waals surface area contributed by atoms with Crippen LogP contribution in [-0.2, 0) is 11.3 Å². The number of likely N-dealkylation sites (tertiary alicyclic amines) is 1. The molecule has 8 heteroatoms. The molecule has 27 heavy (non-hydrogen) atoms. The minimum absolute atomic E-state index is 0.0158. The predicted octanol–water partition coefficient (Wildman–Crippen LogP) is 3.35. The fraction of sp³-hybridized carbons (Fsp3) is 0.421. The van der Waals surface area contributed by atoms with Crippen LogP contribution in [0.1, 0.15) is 29.8 Å². The first kappa shape index (κ1) is 19.4. The van der Waals surface area contributed by atoms with Crippen molar-refractivity contribution < 1.29 is 9.59 Å². The highest BCUT2D eigenvalue weighted by Gasteiger charge is 2.27. The van der Waals surface area contributed by atoms with Crippen LogP contribution in [0, 0.1) is 19.8 Å². The lowest BCUT2D eigenvalue weighted by Gasteiger charge is -2.31. The lowest BCUT2D eigenvalue weighted by Crippen LogP contribution is -2.46. The van der Waals surface area contributed by atoms with Gasteiger partial charge >= 0.3 is 6.03 Å². The molecule has 3 rings (SSSR count). The van der Waals surface area contributed by atoms with Crippen molar-refractivity contribution in [3.8, 4) is 0 Å². The standard InChI is InChI=1S/C19H24BrN5O2/c1-12-17(13(2)24-23-12)11-21-19(27)25-9-7-14(8-10-25)18(26)22-16-5-3-15(20)4-6-16/h3-6,14H,7-11H2,1-2H3,(H,21,27)(H,22,26)(H,23,24). The molecule has 1 aliphatic rings. The third-order valence-electron chi connectivity index (χ3n) is 4.96. The summed E-state index contributed by atoms with van der Waals surface area (Å²) in [6.07, 6.45) is 1.33. The Labute approximate surface area is 167 Å². The van der Waals surface area contributed by atoms with Crippen molar-refractivity contribution in [3.63, 3.8) is 0 Å². The van der Waals surface area contributed by atoms with Gasteiger partial charge in [-0.25, -0.2) is 4.79 Å². The van der Waals surface area contributed by atoms with Gasteiger partial charge in [0, 0.05) is 47.0 Å². The molecule has 1 saturated heterocycles. The number of benzene rings is 1. The Morgan fingerprint density at radius 2 is 1.89 bits per heavy atom. The van der Waals surface area contributed by atoms with E-state index in [1.165, 1.54) is 0 Å². The summed E-state index contributed by atoms with van der Waals surface area (Å²) in [4.78, 5) is 26.6. The van der Waals surface area contributed by atoms with Gasteiger partial charge in [-0.15, -0.1) is 0 Å². The van der Waals surface area contributed by atoms with Gasteiger partial charge in [0.25, 0.3) is 0 Å². The second kappa shape index (κ2) is 8.56. The Morgan fingerprint density at radius 1 is 1.22 bits per heavy atom. The maximum atomic E-state index is 12.4. The van der Waals surface area contributed by atoms with Crippen molar-refractivity contribution in [2.24, 2.45) is 5.92 Å². The van der Waals surface area contributed by atoms with E-state index >= 15 is 0 Å². The number of nitrogens with one attached hydrogen (secondary N) is 3. The van der Waals surface area contributed by atoms with E-state index in [0.29, 0.717) is 32.5 Å². The molecule has 0 unspecified atom stereocenters. The number of aromatic amines is 1. The molecule has 144 valence electrons. The number of carbonyl (C=O) groups is 2. The number of rotatable bonds is 4. The van der Waals surface area contributed by atoms with Crippen molar-refractivity contribution >= 4 is 33.6 Å². The zero-order valence-electron chi connectivity index (χ0n) is 15.5. The van der Waals surface area contributed by atoms with Crippen LogP contribution in [0.2, 0.25) is 0 Å². The number of urea groups is 1. The van der Waals surface area contributed by atoms with E-state index < -0.39 is 0 Å². The molecule has 0 radical (unpaired) electrons. The van der Waals surface area contributed by atoms with Crippen LogP contribution < -0.4 is 10.6 Å². The Morgan fingerprint density at radius 3 is 2.48 bits per heavy atom. The van der Waals surface area contributed by atoms with Crippen LogP contribution >= 0.6 is 15.9 Å². The molecule has 0 aliphatic carbocycles. The maximum absolute atomic E-state index is 12.4. The number of hydrogen-bond acceptors (Lipinski definition) is 3. The number of amides is 3. The van der Waals surface area contributed by atoms with Crippen LogP contribution in [-0.4, -0.2) is 40.1 Å². The van der Waals surface area contributed by atoms with Crippen LogP contribution in [0.5, 0.6) is 0 Å². The fourth-order valence-electron chi connectivity index (χ4n) is 3.23. The molecule has 0 saturated carbocycles. The summed E-state index contributed by atoms with van der Waals surface area (Å²) < 4.78 is 0.973. The summed E-state index contributed by atoms with van der Waals surface area (Å²) in [7, 11) is 0. The number of H-pyrrole nitrogens is 1. The molecule has 3 amide bonds. The van der Waals surface area contributed by atoms with E-state index in [1.54, 1.807) is 4.90 Å². The molecular weight excluding hydrogens is 410 g/mol. The molecule has 0 atom stereocenters. The van der Waals surface area contributed by atoms with Gasteiger partial charge in [0.1, 0.15) is 0 Å². The molecule has 2 heterocycles. The van der Waals surface area contributed by atoms with Crippen LogP contribution in [0.4, 0.5) is 10.5 Å². The lowest BCUT2D eigenvalue weighted by atomic mass is 9.96. The highest BCUT2D eigenvalue weighted by atomic mass is 79.9. The van der Waals surface area contributed by atoms with E-state index in [0.717, 1.165) is 27.1 Å². The van der Waals surface area contributed by atoms with Crippen molar-refractivity contribution in [1.29, 1.82) is 0 Å². The quantitative estimate of drug-likeness (QED) is 0.690. The minimum atomic E-state index is -0.0956. The summed E-state index contributed by atoms with van der Waals surface area (Å²) >= 11 is 3.38. The average Bonchev–Trinajstić information content (AvgIpc) is 2.99. The Bertz CT molecular complexity index is 791. The van der Waals surface area contributed by atoms with Crippen molar-refractivity contribution in [2.45, 2.75) is 33.2 Å². The molecule has 3 N–H and O–H groups in total. The van der Waals surface area contributed by atoms with Gasteiger partial charge < -0.3 is 15.5 Å². The number of hydrogen-bond donors (Lipinski definition) is 3. The second-order valence-corrected chi connectivity index (χ2v) is 7.74. The van der Waals surface area contributed by atoms with Crippen LogP contribution in [0.25, 0.3) is 0 Å². The normalized spacial score (nSPS) is 14.9. The zero-order valence-corrected chi connectivity index (χ0v) is 17.1. The molecule has 7 nitrogen and oxygen atoms in total. The van der Waals surface area contributed by atoms with Gasteiger partial charge in [0.2, 0.25) is 5.91 Å². The summed E-state index contributed by atoms with van der Waals surface area (Å²) in [6, 6.07) is 7.43. The number of halogens is 1. The van der Waals surface area contributed by atoms with E-state index in [2.05, 4.69) is 36.8 Å². The topological polar surface area (TPSA) is 90.1 Å². The predicted molar refractivity (Wildman–Crippen MR) is 107 cm³/mol. The third kappa shape index (κ3) is 4.88. The molecule has 2 aromatic rings. The van der Waals surface area contributed by atoms with E-state index in [-0.39, 0.29) is 17.9 Å². The summed E-state index contributed by atoms with van der Waals surface area (Å²) in [5.74, 6) is -0.0573. The number of aryl methyl sites for hydroxylation is 2. The first-order chi connectivity index (χ1) is 12.9. The maximum Gasteiger partial charge on any atom is 0.317 e. The number of carbonyl (C=O) groups excluding carboxylic acids is 2. The van der Waals surface area contributed by atoms with Gasteiger partial charge in [-0.05, 0) is 51.0 Å². The van der Waals surface area contributed by atoms with Crippen molar-refractivity contribution in [3.05, 3.63) is 45.7 Å². The smallest absolute Gasteiger partial charge is 0.317 e. The highest BCUT2D eigenvalue weighted by Crippen LogP contribution is 2.21. The van der Waals surface area contributed by atoms with E-state index in [9.17, 15) is 9.59 Å². The first-order valence-corrected chi connectivity index (χ1v) is 9.83. The fourth-order valence-corrected chi connectivity index (χ4v) is 3.50. The van der Waals surface area contributed by atoms with Crippen molar-refractivity contribution in [2.75, 3.05) is 18.4 Å². The first-order valence-electron chi connectivity index (χ1n) is 9.03. The summed E-state index contributed by atoms with van der Waals surface area (Å²) in [5, 5.41) is 13.0. The summed E-state index contributed by atoms with van der Waals surface area (Å²) in [5.41, 5.74) is 3.67. The SMILES string of the molecule is Cc1n[nH]c(C)c1CNC(=O)N1CCC(C(=O)Nc2ccc(Br)cc2)CC1. The number of aromatic nitrogens is 2. The third-order valence-corrected chi connectivity index (χ3v) is 5.49. The Balaban J connectivity index is 1.45. The van der Waals surface area contributed by atoms with Crippen molar-refractivity contribution in [1.82, 2.24) is 20.4 Å². The molecular formula is C19H24BrN5O2. The van der Waals surface area contributed by atoms with Gasteiger partial charge in [0.15, 0.2) is 0 Å². The zero-order chi connectivity index (χ0) is 19.4.